The van der Waals surface area contributed by atoms with Crippen LogP contribution in [0.1, 0.15) is 27.2 Å². The van der Waals surface area contributed by atoms with Crippen LogP contribution >= 0.6 is 0 Å². The van der Waals surface area contributed by atoms with Crippen molar-refractivity contribution in [1.82, 2.24) is 0 Å². The molecule has 2 unspecified atom stereocenters. The number of rotatable bonds is 8. The van der Waals surface area contributed by atoms with Crippen molar-refractivity contribution < 1.29 is 23.2 Å². The summed E-state index contributed by atoms with van der Waals surface area (Å²) in [6.45, 7) is 10.8. The lowest BCUT2D eigenvalue weighted by atomic mass is 9.70. The topological polar surface area (TPSA) is 70.8 Å². The number of nitrogens with zero attached hydrogens (tertiary/aromatic N) is 1. The Hall–Kier alpha value is -1.09. The normalized spacial score (nSPS) is 24.8. The monoisotopic (exact) mass is 361 g/mol. The molecule has 8 heteroatoms. The van der Waals surface area contributed by atoms with Gasteiger partial charge in [-0.25, -0.2) is 0 Å². The van der Waals surface area contributed by atoms with Crippen LogP contribution in [-0.2, 0) is 13.9 Å². The molecule has 6 nitrogen and oxygen atoms in total. The van der Waals surface area contributed by atoms with E-state index in [0.717, 1.165) is 6.08 Å². The molecule has 0 saturated carbocycles. The summed E-state index contributed by atoms with van der Waals surface area (Å²) < 4.78 is 31.1. The van der Waals surface area contributed by atoms with E-state index >= 15 is 0 Å². The van der Waals surface area contributed by atoms with Gasteiger partial charge in [-0.2, -0.15) is 4.39 Å². The quantitative estimate of drug-likeness (QED) is 0.287. The van der Waals surface area contributed by atoms with E-state index in [1.165, 1.54) is 13.2 Å². The molecule has 0 fully saturated rings. The summed E-state index contributed by atoms with van der Waals surface area (Å²) in [5.74, 6) is -0.896. The second kappa shape index (κ2) is 8.33. The Balaban J connectivity index is 2.97. The molecule has 1 aliphatic rings. The summed E-state index contributed by atoms with van der Waals surface area (Å²) in [6, 6.07) is 0. The van der Waals surface area contributed by atoms with Crippen LogP contribution in [0.25, 0.3) is 0 Å². The van der Waals surface area contributed by atoms with Crippen LogP contribution in [0, 0.1) is 15.5 Å². The minimum atomic E-state index is -1.13. The Morgan fingerprint density at radius 3 is 2.46 bits per heavy atom. The molecule has 0 bridgehead atoms. The summed E-state index contributed by atoms with van der Waals surface area (Å²) in [7, 11) is 0.385. The van der Waals surface area contributed by atoms with Gasteiger partial charge in [0.25, 0.3) is 0 Å². The molecule has 0 amide bonds. The number of hydrogen-bond donors (Lipinski definition) is 0. The summed E-state index contributed by atoms with van der Waals surface area (Å²) in [4.78, 5) is 10.4. The molecule has 0 aliphatic heterocycles. The predicted octanol–water partition coefficient (Wildman–Crippen LogP) is 3.22. The van der Waals surface area contributed by atoms with Gasteiger partial charge in [0.2, 0.25) is 0 Å². The molecule has 24 heavy (non-hydrogen) atoms. The van der Waals surface area contributed by atoms with E-state index < -0.39 is 42.6 Å². The largest absolute Gasteiger partial charge is 0.420 e. The molecule has 0 N–H and O–H groups in total. The number of allylic oxidation sites excluding steroid dienone is 1. The van der Waals surface area contributed by atoms with E-state index in [2.05, 4.69) is 13.1 Å². The molecule has 0 aromatic rings. The van der Waals surface area contributed by atoms with Crippen molar-refractivity contribution in [2.45, 2.75) is 52.0 Å². The fourth-order valence-corrected chi connectivity index (χ4v) is 3.36. The van der Waals surface area contributed by atoms with Crippen molar-refractivity contribution in [3.05, 3.63) is 33.8 Å². The highest BCUT2D eigenvalue weighted by atomic mass is 28.3. The van der Waals surface area contributed by atoms with Gasteiger partial charge in [0.15, 0.2) is 14.9 Å². The average Bonchev–Trinajstić information content (AvgIpc) is 2.45. The Morgan fingerprint density at radius 1 is 1.38 bits per heavy atom. The second-order valence-corrected chi connectivity index (χ2v) is 9.54. The van der Waals surface area contributed by atoms with E-state index in [1.807, 2.05) is 20.8 Å². The van der Waals surface area contributed by atoms with Gasteiger partial charge in [-0.05, 0) is 31.0 Å². The van der Waals surface area contributed by atoms with Gasteiger partial charge in [-0.15, -0.1) is 0 Å². The van der Waals surface area contributed by atoms with Crippen molar-refractivity contribution in [3.8, 4) is 0 Å². The molecular formula is C16H28FNO5Si. The van der Waals surface area contributed by atoms with E-state index in [9.17, 15) is 14.5 Å². The lowest BCUT2D eigenvalue weighted by molar-refractivity contribution is -0.425. The zero-order valence-electron chi connectivity index (χ0n) is 15.3. The number of hydrogen-bond acceptors (Lipinski definition) is 5. The third kappa shape index (κ3) is 4.72. The first-order chi connectivity index (χ1) is 11.0. The number of halogens is 1. The van der Waals surface area contributed by atoms with Gasteiger partial charge in [0.1, 0.15) is 11.7 Å². The van der Waals surface area contributed by atoms with E-state index in [4.69, 9.17) is 13.9 Å². The number of nitro groups is 1. The maximum absolute atomic E-state index is 14.1. The van der Waals surface area contributed by atoms with Gasteiger partial charge in [-0.1, -0.05) is 20.8 Å². The van der Waals surface area contributed by atoms with Crippen molar-refractivity contribution in [2.24, 2.45) is 5.41 Å². The highest BCUT2D eigenvalue weighted by Crippen LogP contribution is 2.44. The minimum absolute atomic E-state index is 0.360. The molecule has 0 radical (unpaired) electrons. The molecular weight excluding hydrogens is 333 g/mol. The fraction of sp³-hybridized carbons (Fsp3) is 0.750. The molecule has 0 heterocycles. The second-order valence-electron chi connectivity index (χ2n) is 7.11. The van der Waals surface area contributed by atoms with Crippen LogP contribution in [0.2, 0.25) is 13.1 Å². The van der Waals surface area contributed by atoms with E-state index in [-0.39, 0.29) is 0 Å². The smallest absolute Gasteiger partial charge is 0.303 e. The zero-order chi connectivity index (χ0) is 18.5. The van der Waals surface area contributed by atoms with Crippen LogP contribution < -0.4 is 0 Å². The predicted molar refractivity (Wildman–Crippen MR) is 92.6 cm³/mol. The van der Waals surface area contributed by atoms with E-state index in [1.54, 1.807) is 0 Å². The average molecular weight is 361 g/mol. The van der Waals surface area contributed by atoms with Gasteiger partial charge in [0.05, 0.1) is 4.92 Å². The Kier molecular flexibility index (Phi) is 7.27. The van der Waals surface area contributed by atoms with Crippen LogP contribution in [0.4, 0.5) is 4.39 Å². The summed E-state index contributed by atoms with van der Waals surface area (Å²) >= 11 is 0. The highest BCUT2D eigenvalue weighted by Gasteiger charge is 2.52. The standard InChI is InChI=1S/C16H28FNO5Si/c1-15(2,3)16(21-4)11-13(18(19)20)12(17)10-14(16)22-8-7-9-23-24(5)6/h10-11,14,24H,7-9H2,1-6H3. The first-order valence-corrected chi connectivity index (χ1v) is 10.9. The first-order valence-electron chi connectivity index (χ1n) is 8.08. The molecule has 0 saturated heterocycles. The maximum atomic E-state index is 14.1. The van der Waals surface area contributed by atoms with Gasteiger partial charge < -0.3 is 13.9 Å². The van der Waals surface area contributed by atoms with Crippen LogP contribution in [0.15, 0.2) is 23.7 Å². The fourth-order valence-electron chi connectivity index (χ4n) is 2.72. The molecule has 1 rings (SSSR count). The Bertz CT molecular complexity index is 515. The Morgan fingerprint density at radius 2 is 2.00 bits per heavy atom. The molecule has 0 aromatic heterocycles. The molecule has 0 aromatic carbocycles. The zero-order valence-corrected chi connectivity index (χ0v) is 16.5. The lowest BCUT2D eigenvalue weighted by Gasteiger charge is -2.46. The number of methoxy groups -OCH3 is 1. The molecule has 2 atom stereocenters. The SMILES string of the molecule is COC1(C(C)(C)C)C=C([N+](=O)[O-])C(F)=CC1OCCCO[SiH](C)C. The molecule has 0 spiro atoms. The van der Waals surface area contributed by atoms with Crippen molar-refractivity contribution >= 4 is 9.04 Å². The van der Waals surface area contributed by atoms with Crippen LogP contribution in [-0.4, -0.2) is 46.0 Å². The maximum Gasteiger partial charge on any atom is 0.303 e. The summed E-state index contributed by atoms with van der Waals surface area (Å²) in [6.07, 6.45) is 2.31. The molecule has 138 valence electrons. The third-order valence-corrected chi connectivity index (χ3v) is 4.96. The summed E-state index contributed by atoms with van der Waals surface area (Å²) in [5, 5.41) is 11.1. The highest BCUT2D eigenvalue weighted by molar-refractivity contribution is 6.48. The lowest BCUT2D eigenvalue weighted by Crippen LogP contribution is -2.54. The molecule has 1 aliphatic carbocycles. The first kappa shape index (κ1) is 21.0. The van der Waals surface area contributed by atoms with Crippen molar-refractivity contribution in [3.63, 3.8) is 0 Å². The minimum Gasteiger partial charge on any atom is -0.420 e. The van der Waals surface area contributed by atoms with E-state index in [0.29, 0.717) is 19.6 Å². The van der Waals surface area contributed by atoms with Crippen molar-refractivity contribution in [1.29, 1.82) is 0 Å². The van der Waals surface area contributed by atoms with Crippen LogP contribution in [0.5, 0.6) is 0 Å². The third-order valence-electron chi connectivity index (χ3n) is 4.06. The Labute approximate surface area is 144 Å². The number of ether oxygens (including phenoxy) is 2. The van der Waals surface area contributed by atoms with Crippen LogP contribution in [0.3, 0.4) is 0 Å². The van der Waals surface area contributed by atoms with Gasteiger partial charge >= 0.3 is 5.70 Å². The van der Waals surface area contributed by atoms with Crippen molar-refractivity contribution in [2.75, 3.05) is 20.3 Å². The van der Waals surface area contributed by atoms with Gasteiger partial charge in [-0.3, -0.25) is 10.1 Å². The summed E-state index contributed by atoms with van der Waals surface area (Å²) in [5.41, 5.74) is -2.24. The van der Waals surface area contributed by atoms with Gasteiger partial charge in [0, 0.05) is 26.4 Å².